The van der Waals surface area contributed by atoms with Crippen LogP contribution in [0.15, 0.2) is 30.5 Å². The van der Waals surface area contributed by atoms with Gasteiger partial charge in [0.1, 0.15) is 0 Å². The number of carbonyl (C=O) groups excluding carboxylic acids is 1. The number of carbonyl (C=O) groups is 1. The number of morpholine rings is 1. The highest BCUT2D eigenvalue weighted by molar-refractivity contribution is 7.99. The summed E-state index contributed by atoms with van der Waals surface area (Å²) in [6.07, 6.45) is 2.99. The highest BCUT2D eigenvalue weighted by Crippen LogP contribution is 2.22. The van der Waals surface area contributed by atoms with Gasteiger partial charge in [0.05, 0.1) is 19.3 Å². The molecule has 2 fully saturated rings. The molecule has 134 valence electrons. The lowest BCUT2D eigenvalue weighted by Crippen LogP contribution is -2.50. The summed E-state index contributed by atoms with van der Waals surface area (Å²) in [7, 11) is 0. The van der Waals surface area contributed by atoms with Crippen molar-refractivity contribution in [1.29, 1.82) is 0 Å². The van der Waals surface area contributed by atoms with E-state index < -0.39 is 0 Å². The van der Waals surface area contributed by atoms with E-state index in [-0.39, 0.29) is 11.9 Å². The van der Waals surface area contributed by atoms with Crippen LogP contribution in [0.1, 0.15) is 16.8 Å². The maximum Gasteiger partial charge on any atom is 0.254 e. The van der Waals surface area contributed by atoms with E-state index in [1.807, 2.05) is 42.2 Å². The monoisotopic (exact) mass is 359 g/mol. The van der Waals surface area contributed by atoms with Gasteiger partial charge in [0.15, 0.2) is 0 Å². The summed E-state index contributed by atoms with van der Waals surface area (Å²) in [5.41, 5.74) is 1.87. The van der Waals surface area contributed by atoms with E-state index in [2.05, 4.69) is 14.8 Å². The van der Waals surface area contributed by atoms with Crippen molar-refractivity contribution in [2.24, 2.45) is 0 Å². The van der Waals surface area contributed by atoms with Gasteiger partial charge in [-0.25, -0.2) is 0 Å². The number of benzene rings is 1. The van der Waals surface area contributed by atoms with E-state index in [4.69, 9.17) is 4.74 Å². The van der Waals surface area contributed by atoms with Gasteiger partial charge in [0.2, 0.25) is 0 Å². The predicted molar refractivity (Wildman–Crippen MR) is 102 cm³/mol. The first-order valence-electron chi connectivity index (χ1n) is 9.07. The largest absolute Gasteiger partial charge is 0.379 e. The zero-order valence-corrected chi connectivity index (χ0v) is 15.3. The molecular weight excluding hydrogens is 334 g/mol. The standard InChI is InChI=1S/C19H25N3O2S/c23-19(16-2-3-18-15(12-16)4-5-20-18)22-6-1-11-25-14-17(22)13-21-7-9-24-10-8-21/h2-5,12,17,20H,1,6-11,13-14H2. The third-order valence-electron chi connectivity index (χ3n) is 5.07. The molecule has 25 heavy (non-hydrogen) atoms. The Morgan fingerprint density at radius 2 is 2.12 bits per heavy atom. The van der Waals surface area contributed by atoms with Crippen LogP contribution in [-0.4, -0.2) is 77.6 Å². The van der Waals surface area contributed by atoms with E-state index >= 15 is 0 Å². The van der Waals surface area contributed by atoms with Gasteiger partial charge in [0.25, 0.3) is 5.91 Å². The number of fused-ring (bicyclic) bond motifs is 1. The Kier molecular flexibility index (Phi) is 5.29. The molecule has 6 heteroatoms. The van der Waals surface area contributed by atoms with Crippen LogP contribution in [0.4, 0.5) is 0 Å². The number of aromatic nitrogens is 1. The van der Waals surface area contributed by atoms with Crippen LogP contribution >= 0.6 is 11.8 Å². The maximum absolute atomic E-state index is 13.2. The number of aromatic amines is 1. The number of nitrogens with zero attached hydrogens (tertiary/aromatic N) is 2. The summed E-state index contributed by atoms with van der Waals surface area (Å²) < 4.78 is 5.46. The smallest absolute Gasteiger partial charge is 0.254 e. The molecule has 1 aromatic heterocycles. The molecule has 1 N–H and O–H groups in total. The Hall–Kier alpha value is -1.50. The fourth-order valence-electron chi connectivity index (χ4n) is 3.68. The number of hydrogen-bond acceptors (Lipinski definition) is 4. The topological polar surface area (TPSA) is 48.6 Å². The minimum absolute atomic E-state index is 0.170. The van der Waals surface area contributed by atoms with Gasteiger partial charge < -0.3 is 14.6 Å². The normalized spacial score (nSPS) is 22.9. The summed E-state index contributed by atoms with van der Waals surface area (Å²) in [5.74, 6) is 2.33. The van der Waals surface area contributed by atoms with E-state index in [1.54, 1.807) is 0 Å². The third-order valence-corrected chi connectivity index (χ3v) is 6.27. The Morgan fingerprint density at radius 3 is 3.00 bits per heavy atom. The third kappa shape index (κ3) is 3.86. The fraction of sp³-hybridized carbons (Fsp3) is 0.526. The lowest BCUT2D eigenvalue weighted by atomic mass is 10.1. The van der Waals surface area contributed by atoms with Gasteiger partial charge in [-0.15, -0.1) is 0 Å². The minimum Gasteiger partial charge on any atom is -0.379 e. The zero-order valence-electron chi connectivity index (χ0n) is 14.4. The number of H-pyrrole nitrogens is 1. The predicted octanol–water partition coefficient (Wildman–Crippen LogP) is 2.45. The quantitative estimate of drug-likeness (QED) is 0.915. The van der Waals surface area contributed by atoms with Crippen molar-refractivity contribution in [3.05, 3.63) is 36.0 Å². The van der Waals surface area contributed by atoms with E-state index in [0.29, 0.717) is 0 Å². The second kappa shape index (κ2) is 7.81. The molecule has 3 heterocycles. The number of amides is 1. The number of hydrogen-bond donors (Lipinski definition) is 1. The minimum atomic E-state index is 0.170. The Bertz CT molecular complexity index is 726. The molecule has 0 spiro atoms. The molecule has 4 rings (SSSR count). The van der Waals surface area contributed by atoms with Crippen molar-refractivity contribution in [2.75, 3.05) is 50.9 Å². The van der Waals surface area contributed by atoms with Gasteiger partial charge in [0, 0.05) is 54.6 Å². The second-order valence-electron chi connectivity index (χ2n) is 6.77. The second-order valence-corrected chi connectivity index (χ2v) is 7.92. The highest BCUT2D eigenvalue weighted by Gasteiger charge is 2.28. The first-order valence-corrected chi connectivity index (χ1v) is 10.2. The maximum atomic E-state index is 13.2. The summed E-state index contributed by atoms with van der Waals surface area (Å²) in [6.45, 7) is 5.35. The van der Waals surface area contributed by atoms with E-state index in [1.165, 1.54) is 0 Å². The SMILES string of the molecule is O=C(c1ccc2[nH]ccc2c1)N1CCCSCC1CN1CCOCC1. The number of thioether (sulfide) groups is 1. The van der Waals surface area contributed by atoms with Crippen molar-refractivity contribution in [3.63, 3.8) is 0 Å². The Labute approximate surface area is 152 Å². The lowest BCUT2D eigenvalue weighted by molar-refractivity contribution is 0.0245. The molecule has 0 bridgehead atoms. The van der Waals surface area contributed by atoms with Gasteiger partial charge in [-0.1, -0.05) is 0 Å². The molecule has 2 saturated heterocycles. The number of ether oxygens (including phenoxy) is 1. The zero-order chi connectivity index (χ0) is 17.1. The first kappa shape index (κ1) is 16.9. The van der Waals surface area contributed by atoms with Crippen molar-refractivity contribution >= 4 is 28.6 Å². The van der Waals surface area contributed by atoms with Gasteiger partial charge in [-0.3, -0.25) is 9.69 Å². The molecule has 5 nitrogen and oxygen atoms in total. The van der Waals surface area contributed by atoms with Crippen LogP contribution in [0.3, 0.4) is 0 Å². The Morgan fingerprint density at radius 1 is 1.24 bits per heavy atom. The molecule has 1 atom stereocenters. The molecular formula is C19H25N3O2S. The molecule has 0 saturated carbocycles. The molecule has 2 aliphatic rings. The van der Waals surface area contributed by atoms with Crippen molar-refractivity contribution < 1.29 is 9.53 Å². The molecule has 2 aromatic rings. The molecule has 1 aromatic carbocycles. The van der Waals surface area contributed by atoms with Crippen molar-refractivity contribution in [2.45, 2.75) is 12.5 Å². The summed E-state index contributed by atoms with van der Waals surface area (Å²) >= 11 is 1.98. The van der Waals surface area contributed by atoms with Crippen molar-refractivity contribution in [3.8, 4) is 0 Å². The number of rotatable bonds is 3. The van der Waals surface area contributed by atoms with Crippen LogP contribution in [0.2, 0.25) is 0 Å². The van der Waals surface area contributed by atoms with Crippen LogP contribution < -0.4 is 0 Å². The number of nitrogens with one attached hydrogen (secondary N) is 1. The molecule has 2 aliphatic heterocycles. The van der Waals surface area contributed by atoms with Crippen LogP contribution in [0.25, 0.3) is 10.9 Å². The van der Waals surface area contributed by atoms with Crippen LogP contribution in [-0.2, 0) is 4.74 Å². The Balaban J connectivity index is 1.53. The van der Waals surface area contributed by atoms with Gasteiger partial charge >= 0.3 is 0 Å². The molecule has 0 radical (unpaired) electrons. The van der Waals surface area contributed by atoms with E-state index in [0.717, 1.165) is 73.8 Å². The van der Waals surface area contributed by atoms with Gasteiger partial charge in [-0.05, 0) is 36.4 Å². The molecule has 1 amide bonds. The van der Waals surface area contributed by atoms with Gasteiger partial charge in [-0.2, -0.15) is 11.8 Å². The molecule has 0 aliphatic carbocycles. The van der Waals surface area contributed by atoms with Crippen molar-refractivity contribution in [1.82, 2.24) is 14.8 Å². The highest BCUT2D eigenvalue weighted by atomic mass is 32.2. The van der Waals surface area contributed by atoms with E-state index in [9.17, 15) is 4.79 Å². The van der Waals surface area contributed by atoms with Crippen LogP contribution in [0.5, 0.6) is 0 Å². The molecule has 1 unspecified atom stereocenters. The first-order chi connectivity index (χ1) is 12.3. The van der Waals surface area contributed by atoms with Crippen LogP contribution in [0, 0.1) is 0 Å². The summed E-state index contributed by atoms with van der Waals surface area (Å²) in [4.78, 5) is 21.0. The summed E-state index contributed by atoms with van der Waals surface area (Å²) in [5, 5.41) is 1.10. The summed E-state index contributed by atoms with van der Waals surface area (Å²) in [6, 6.07) is 8.27. The fourth-order valence-corrected chi connectivity index (χ4v) is 4.74. The lowest BCUT2D eigenvalue weighted by Gasteiger charge is -2.35. The average Bonchev–Trinajstić information content (AvgIpc) is 3.00. The average molecular weight is 359 g/mol.